The Morgan fingerprint density at radius 1 is 1.21 bits per heavy atom. The van der Waals surface area contributed by atoms with Gasteiger partial charge in [0.25, 0.3) is 5.91 Å². The average molecular weight is 444 g/mol. The lowest BCUT2D eigenvalue weighted by Gasteiger charge is -2.09. The third-order valence-electron chi connectivity index (χ3n) is 4.48. The maximum absolute atomic E-state index is 12.3. The molecule has 28 heavy (non-hydrogen) atoms. The summed E-state index contributed by atoms with van der Waals surface area (Å²) < 4.78 is 7.97. The molecule has 0 aliphatic heterocycles. The summed E-state index contributed by atoms with van der Waals surface area (Å²) in [6, 6.07) is 12.4. The number of carbonyl (C=O) groups excluding carboxylic acids is 1. The van der Waals surface area contributed by atoms with Crippen LogP contribution >= 0.6 is 15.9 Å². The number of aromatic hydroxyl groups is 1. The Morgan fingerprint density at radius 3 is 2.57 bits per heavy atom. The van der Waals surface area contributed by atoms with Crippen molar-refractivity contribution in [1.29, 1.82) is 0 Å². The van der Waals surface area contributed by atoms with E-state index in [4.69, 9.17) is 4.74 Å². The number of hydrogen-bond acceptors (Lipinski definition) is 4. The van der Waals surface area contributed by atoms with Gasteiger partial charge in [-0.1, -0.05) is 29.8 Å². The zero-order valence-corrected chi connectivity index (χ0v) is 17.6. The van der Waals surface area contributed by atoms with Crippen molar-refractivity contribution >= 4 is 38.4 Å². The van der Waals surface area contributed by atoms with Crippen molar-refractivity contribution < 1.29 is 14.6 Å². The molecule has 1 aromatic heterocycles. The second-order valence-electron chi connectivity index (χ2n) is 6.90. The van der Waals surface area contributed by atoms with Gasteiger partial charge >= 0.3 is 0 Å². The molecule has 0 bridgehead atoms. The number of fused-ring (bicyclic) bond motifs is 1. The maximum atomic E-state index is 12.3. The lowest BCUT2D eigenvalue weighted by Crippen LogP contribution is -2.00. The van der Waals surface area contributed by atoms with Crippen LogP contribution in [0.5, 0.6) is 11.6 Å². The Morgan fingerprint density at radius 2 is 1.93 bits per heavy atom. The molecule has 0 saturated carbocycles. The number of nitrogens with zero attached hydrogens (tertiary/aromatic N) is 3. The Bertz CT molecular complexity index is 1020. The summed E-state index contributed by atoms with van der Waals surface area (Å²) in [5, 5.41) is 19.4. The Hall–Kier alpha value is -2.67. The fraction of sp³-hybridized carbons (Fsp3) is 0.286. The molecule has 0 fully saturated rings. The Balaban J connectivity index is 2.01. The van der Waals surface area contributed by atoms with Gasteiger partial charge in [0.05, 0.1) is 12.6 Å². The molecule has 3 rings (SSSR count). The van der Waals surface area contributed by atoms with Crippen LogP contribution in [-0.2, 0) is 6.54 Å². The molecule has 0 saturated heterocycles. The summed E-state index contributed by atoms with van der Waals surface area (Å²) in [5.41, 5.74) is 1.51. The van der Waals surface area contributed by atoms with Gasteiger partial charge in [0, 0.05) is 22.0 Å². The number of benzene rings is 2. The molecule has 0 spiro atoms. The minimum Gasteiger partial charge on any atom is -0.497 e. The van der Waals surface area contributed by atoms with Crippen LogP contribution < -0.4 is 4.74 Å². The van der Waals surface area contributed by atoms with E-state index in [2.05, 4.69) is 40.0 Å². The van der Waals surface area contributed by atoms with Crippen molar-refractivity contribution in [2.24, 2.45) is 16.1 Å². The molecule has 146 valence electrons. The molecular formula is C21H22BrN3O3. The van der Waals surface area contributed by atoms with E-state index in [-0.39, 0.29) is 11.6 Å². The predicted octanol–water partition coefficient (Wildman–Crippen LogP) is 6.09. The van der Waals surface area contributed by atoms with E-state index in [0.717, 1.165) is 16.4 Å². The van der Waals surface area contributed by atoms with Gasteiger partial charge in [-0.25, -0.2) is 0 Å². The number of aryl methyl sites for hydroxylation is 1. The van der Waals surface area contributed by atoms with Crippen molar-refractivity contribution in [3.8, 4) is 11.6 Å². The molecule has 1 heterocycles. The van der Waals surface area contributed by atoms with Crippen LogP contribution in [0.3, 0.4) is 0 Å². The molecule has 0 aliphatic rings. The number of hydrogen-bond donors (Lipinski definition) is 1. The lowest BCUT2D eigenvalue weighted by molar-refractivity contribution is 0.0995. The molecule has 2 aromatic carbocycles. The number of halogens is 1. The predicted molar refractivity (Wildman–Crippen MR) is 113 cm³/mol. The highest BCUT2D eigenvalue weighted by Crippen LogP contribution is 2.40. The van der Waals surface area contributed by atoms with E-state index in [1.54, 1.807) is 42.0 Å². The van der Waals surface area contributed by atoms with Crippen LogP contribution in [0.15, 0.2) is 57.2 Å². The summed E-state index contributed by atoms with van der Waals surface area (Å²) in [6.45, 7) is 4.90. The summed E-state index contributed by atoms with van der Waals surface area (Å²) in [4.78, 5) is 12.3. The van der Waals surface area contributed by atoms with Crippen LogP contribution in [0.1, 0.15) is 30.6 Å². The van der Waals surface area contributed by atoms with E-state index in [0.29, 0.717) is 29.2 Å². The lowest BCUT2D eigenvalue weighted by atomic mass is 10.1. The van der Waals surface area contributed by atoms with Crippen molar-refractivity contribution in [2.75, 3.05) is 7.11 Å². The zero-order valence-electron chi connectivity index (χ0n) is 16.0. The van der Waals surface area contributed by atoms with E-state index in [1.807, 2.05) is 12.1 Å². The van der Waals surface area contributed by atoms with Crippen LogP contribution in [0.4, 0.5) is 5.69 Å². The van der Waals surface area contributed by atoms with Crippen molar-refractivity contribution in [3.05, 3.63) is 52.5 Å². The van der Waals surface area contributed by atoms with Gasteiger partial charge in [0.2, 0.25) is 5.88 Å². The fourth-order valence-corrected chi connectivity index (χ4v) is 3.15. The first kappa shape index (κ1) is 20.1. The number of methoxy groups -OCH3 is 1. The minimum atomic E-state index is -0.474. The summed E-state index contributed by atoms with van der Waals surface area (Å²) in [6.07, 6.45) is 0.901. The topological polar surface area (TPSA) is 76.2 Å². The second-order valence-corrected chi connectivity index (χ2v) is 7.82. The summed E-state index contributed by atoms with van der Waals surface area (Å²) >= 11 is 3.33. The molecule has 1 N–H and O–H groups in total. The van der Waals surface area contributed by atoms with E-state index < -0.39 is 5.91 Å². The quantitative estimate of drug-likeness (QED) is 0.468. The van der Waals surface area contributed by atoms with E-state index >= 15 is 0 Å². The van der Waals surface area contributed by atoms with Crippen LogP contribution in [-0.4, -0.2) is 22.7 Å². The number of ether oxygens (including phenoxy) is 1. The number of carbonyl (C=O) groups is 1. The standard InChI is InChI=1S/C21H22BrN3O3/c1-13(2)10-11-25-18-9-8-16(28-3)12-17(18)19(21(25)27)23-24-20(26)14-4-6-15(22)7-5-14/h4-9,12-13,27H,10-11H2,1-3H3. The highest BCUT2D eigenvalue weighted by Gasteiger charge is 2.18. The average Bonchev–Trinajstić information content (AvgIpc) is 2.95. The number of amides is 1. The van der Waals surface area contributed by atoms with E-state index in [1.165, 1.54) is 0 Å². The van der Waals surface area contributed by atoms with Gasteiger partial charge in [-0.15, -0.1) is 10.2 Å². The Kier molecular flexibility index (Phi) is 6.14. The number of rotatable bonds is 6. The van der Waals surface area contributed by atoms with Gasteiger partial charge in [-0.3, -0.25) is 4.79 Å². The molecule has 0 unspecified atom stereocenters. The summed E-state index contributed by atoms with van der Waals surface area (Å²) in [5.74, 6) is 0.650. The van der Waals surface area contributed by atoms with Crippen molar-refractivity contribution in [2.45, 2.75) is 26.8 Å². The van der Waals surface area contributed by atoms with Crippen LogP contribution in [0.2, 0.25) is 0 Å². The smallest absolute Gasteiger partial charge is 0.295 e. The van der Waals surface area contributed by atoms with Crippen molar-refractivity contribution in [3.63, 3.8) is 0 Å². The third-order valence-corrected chi connectivity index (χ3v) is 5.01. The largest absolute Gasteiger partial charge is 0.497 e. The van der Waals surface area contributed by atoms with Gasteiger partial charge in [-0.2, -0.15) is 0 Å². The van der Waals surface area contributed by atoms with Crippen molar-refractivity contribution in [1.82, 2.24) is 4.57 Å². The van der Waals surface area contributed by atoms with Gasteiger partial charge in [-0.05, 0) is 54.8 Å². The normalized spacial score (nSPS) is 11.6. The molecule has 1 amide bonds. The maximum Gasteiger partial charge on any atom is 0.295 e. The number of aromatic nitrogens is 1. The molecule has 0 aliphatic carbocycles. The van der Waals surface area contributed by atoms with Crippen LogP contribution in [0, 0.1) is 5.92 Å². The number of azo groups is 1. The minimum absolute atomic E-state index is 0.00346. The van der Waals surface area contributed by atoms with Gasteiger partial charge in [0.1, 0.15) is 5.75 Å². The third kappa shape index (κ3) is 4.25. The molecular weight excluding hydrogens is 422 g/mol. The summed E-state index contributed by atoms with van der Waals surface area (Å²) in [7, 11) is 1.58. The van der Waals surface area contributed by atoms with Crippen LogP contribution in [0.25, 0.3) is 10.9 Å². The molecule has 0 radical (unpaired) electrons. The fourth-order valence-electron chi connectivity index (χ4n) is 2.89. The van der Waals surface area contributed by atoms with E-state index in [9.17, 15) is 9.90 Å². The van der Waals surface area contributed by atoms with Gasteiger partial charge in [0.15, 0.2) is 5.69 Å². The SMILES string of the molecule is COc1ccc2c(c1)c(N=NC(=O)c1ccc(Br)cc1)c(O)n2CCC(C)C. The molecule has 6 nitrogen and oxygen atoms in total. The first-order valence-corrected chi connectivity index (χ1v) is 9.81. The highest BCUT2D eigenvalue weighted by molar-refractivity contribution is 9.10. The zero-order chi connectivity index (χ0) is 20.3. The Labute approximate surface area is 172 Å². The van der Waals surface area contributed by atoms with Gasteiger partial charge < -0.3 is 14.4 Å². The molecule has 7 heteroatoms. The second kappa shape index (κ2) is 8.56. The molecule has 3 aromatic rings. The first-order valence-electron chi connectivity index (χ1n) is 9.01. The highest BCUT2D eigenvalue weighted by atomic mass is 79.9. The monoisotopic (exact) mass is 443 g/mol. The first-order chi connectivity index (χ1) is 13.4. The molecule has 0 atom stereocenters.